The lowest BCUT2D eigenvalue weighted by Gasteiger charge is -2.09. The summed E-state index contributed by atoms with van der Waals surface area (Å²) in [4.78, 5) is 12.4. The van der Waals surface area contributed by atoms with E-state index in [1.807, 2.05) is 28.2 Å². The third-order valence-electron chi connectivity index (χ3n) is 3.15. The van der Waals surface area contributed by atoms with Crippen molar-refractivity contribution in [1.82, 2.24) is 9.80 Å². The van der Waals surface area contributed by atoms with Crippen molar-refractivity contribution in [1.29, 1.82) is 0 Å². The molecule has 25 heavy (non-hydrogen) atoms. The van der Waals surface area contributed by atoms with E-state index in [1.165, 1.54) is 0 Å². The van der Waals surface area contributed by atoms with Gasteiger partial charge in [0.2, 0.25) is 9.84 Å². The minimum absolute atomic E-state index is 0.168. The van der Waals surface area contributed by atoms with Gasteiger partial charge in [0, 0.05) is 28.2 Å². The first kappa shape index (κ1) is 18.7. The van der Waals surface area contributed by atoms with Crippen LogP contribution < -0.4 is 0 Å². The van der Waals surface area contributed by atoms with Crippen molar-refractivity contribution in [3.63, 3.8) is 0 Å². The summed E-state index contributed by atoms with van der Waals surface area (Å²) in [5.74, 6) is 0. The first-order valence-electron chi connectivity index (χ1n) is 7.66. The summed E-state index contributed by atoms with van der Waals surface area (Å²) in [5, 5.41) is 0. The first-order valence-corrected chi connectivity index (χ1v) is 9.14. The van der Waals surface area contributed by atoms with Crippen LogP contribution in [0.5, 0.6) is 0 Å². The number of rotatable bonds is 6. The lowest BCUT2D eigenvalue weighted by Crippen LogP contribution is -2.08. The van der Waals surface area contributed by atoms with Gasteiger partial charge in [0.25, 0.3) is 0 Å². The molecule has 6 nitrogen and oxygen atoms in total. The highest BCUT2D eigenvalue weighted by Gasteiger charge is 2.21. The minimum Gasteiger partial charge on any atom is -0.369 e. The van der Waals surface area contributed by atoms with Gasteiger partial charge in [0.15, 0.2) is 0 Å². The van der Waals surface area contributed by atoms with Gasteiger partial charge in [-0.05, 0) is 30.3 Å². The molecular weight excluding hydrogens is 336 g/mol. The van der Waals surface area contributed by atoms with Crippen molar-refractivity contribution in [2.75, 3.05) is 28.2 Å². The van der Waals surface area contributed by atoms with E-state index in [-0.39, 0.29) is 9.79 Å². The maximum atomic E-state index is 13.0. The molecule has 0 aromatic heterocycles. The Bertz CT molecular complexity index is 887. The molecule has 0 bridgehead atoms. The molecule has 2 rings (SSSR count). The van der Waals surface area contributed by atoms with E-state index in [1.54, 1.807) is 71.0 Å². The molecule has 0 aliphatic carbocycles. The molecule has 0 saturated carbocycles. The van der Waals surface area contributed by atoms with Crippen molar-refractivity contribution in [3.8, 4) is 0 Å². The normalized spacial score (nSPS) is 12.0. The number of nitrogens with zero attached hydrogens (tertiary/aromatic N) is 4. The van der Waals surface area contributed by atoms with Crippen LogP contribution in [0.2, 0.25) is 0 Å². The van der Waals surface area contributed by atoms with Gasteiger partial charge in [0.1, 0.15) is 0 Å². The van der Waals surface area contributed by atoms with Crippen LogP contribution in [0.25, 0.3) is 0 Å². The molecule has 0 atom stereocenters. The fourth-order valence-corrected chi connectivity index (χ4v) is 3.45. The summed E-state index contributed by atoms with van der Waals surface area (Å²) in [6.45, 7) is 0. The van der Waals surface area contributed by atoms with Gasteiger partial charge >= 0.3 is 0 Å². The lowest BCUT2D eigenvalue weighted by molar-refractivity contribution is 0.596. The summed E-state index contributed by atoms with van der Waals surface area (Å²) < 4.78 is 26.1. The van der Waals surface area contributed by atoms with Crippen LogP contribution in [0.4, 0.5) is 11.4 Å². The fourth-order valence-electron chi connectivity index (χ4n) is 2.01. The fraction of sp³-hybridized carbons (Fsp3) is 0.222. The average Bonchev–Trinajstić information content (AvgIpc) is 2.58. The number of sulfone groups is 1. The number of para-hydroxylation sites is 1. The Hall–Kier alpha value is -2.67. The molecule has 0 radical (unpaired) electrons. The van der Waals surface area contributed by atoms with Crippen molar-refractivity contribution in [2.24, 2.45) is 9.98 Å². The molecule has 0 saturated heterocycles. The standard InChI is InChI=1S/C18H22N4O2S/c1-21(2)13-19-15-8-7-9-16(12-15)25(23,24)18-11-6-5-10-17(18)20-14-22(3)4/h5-14H,1-4H3/b19-13+,20-14+. The Morgan fingerprint density at radius 1 is 0.840 bits per heavy atom. The molecule has 0 unspecified atom stereocenters. The second-order valence-electron chi connectivity index (χ2n) is 5.88. The topological polar surface area (TPSA) is 65.3 Å². The van der Waals surface area contributed by atoms with Crippen molar-refractivity contribution in [2.45, 2.75) is 9.79 Å². The maximum Gasteiger partial charge on any atom is 0.208 e. The van der Waals surface area contributed by atoms with E-state index in [4.69, 9.17) is 0 Å². The zero-order chi connectivity index (χ0) is 18.4. The number of benzene rings is 2. The SMILES string of the molecule is CN(C)/C=N/c1cccc(S(=O)(=O)c2ccccc2/N=C/N(C)C)c1. The van der Waals surface area contributed by atoms with Crippen LogP contribution >= 0.6 is 0 Å². The molecule has 0 heterocycles. The van der Waals surface area contributed by atoms with Gasteiger partial charge in [-0.2, -0.15) is 0 Å². The van der Waals surface area contributed by atoms with Crippen molar-refractivity contribution < 1.29 is 8.42 Å². The predicted molar refractivity (Wildman–Crippen MR) is 102 cm³/mol. The average molecular weight is 358 g/mol. The third-order valence-corrected chi connectivity index (χ3v) is 4.95. The van der Waals surface area contributed by atoms with Gasteiger partial charge in [-0.3, -0.25) is 0 Å². The number of hydrogen-bond acceptors (Lipinski definition) is 4. The van der Waals surface area contributed by atoms with Crippen molar-refractivity contribution in [3.05, 3.63) is 48.5 Å². The van der Waals surface area contributed by atoms with Crippen LogP contribution in [0.3, 0.4) is 0 Å². The van der Waals surface area contributed by atoms with Gasteiger partial charge in [-0.15, -0.1) is 0 Å². The zero-order valence-electron chi connectivity index (χ0n) is 14.8. The molecule has 0 aliphatic heterocycles. The Kier molecular flexibility index (Phi) is 5.93. The van der Waals surface area contributed by atoms with E-state index in [9.17, 15) is 8.42 Å². The molecule has 0 amide bonds. The Labute approximate surface area is 149 Å². The number of aliphatic imine (C=N–C) groups is 2. The second-order valence-corrected chi connectivity index (χ2v) is 7.80. The highest BCUT2D eigenvalue weighted by molar-refractivity contribution is 7.91. The molecule has 2 aromatic carbocycles. The zero-order valence-corrected chi connectivity index (χ0v) is 15.6. The van der Waals surface area contributed by atoms with Crippen LogP contribution in [0.15, 0.2) is 68.3 Å². The Balaban J connectivity index is 2.48. The molecule has 0 fully saturated rings. The first-order chi connectivity index (χ1) is 11.8. The van der Waals surface area contributed by atoms with Crippen LogP contribution in [0.1, 0.15) is 0 Å². The smallest absolute Gasteiger partial charge is 0.208 e. The quantitative estimate of drug-likeness (QED) is 0.588. The summed E-state index contributed by atoms with van der Waals surface area (Å²) in [6, 6.07) is 13.3. The van der Waals surface area contributed by atoms with E-state index in [2.05, 4.69) is 9.98 Å². The highest BCUT2D eigenvalue weighted by atomic mass is 32.2. The lowest BCUT2D eigenvalue weighted by atomic mass is 10.3. The van der Waals surface area contributed by atoms with Gasteiger partial charge in [0.05, 0.1) is 33.8 Å². The van der Waals surface area contributed by atoms with E-state index in [0.717, 1.165) is 0 Å². The summed E-state index contributed by atoms with van der Waals surface area (Å²) >= 11 is 0. The molecule has 0 aliphatic rings. The summed E-state index contributed by atoms with van der Waals surface area (Å²) in [6.07, 6.45) is 3.20. The largest absolute Gasteiger partial charge is 0.369 e. The van der Waals surface area contributed by atoms with E-state index >= 15 is 0 Å². The van der Waals surface area contributed by atoms with Gasteiger partial charge in [-0.25, -0.2) is 18.4 Å². The van der Waals surface area contributed by atoms with Crippen LogP contribution in [-0.2, 0) is 9.84 Å². The highest BCUT2D eigenvalue weighted by Crippen LogP contribution is 2.30. The molecule has 132 valence electrons. The van der Waals surface area contributed by atoms with Crippen molar-refractivity contribution >= 4 is 33.9 Å². The van der Waals surface area contributed by atoms with Gasteiger partial charge in [-0.1, -0.05) is 18.2 Å². The van der Waals surface area contributed by atoms with E-state index < -0.39 is 9.84 Å². The van der Waals surface area contributed by atoms with Crippen LogP contribution in [-0.4, -0.2) is 59.1 Å². The third kappa shape index (κ3) is 4.90. The van der Waals surface area contributed by atoms with Crippen LogP contribution in [0, 0.1) is 0 Å². The predicted octanol–water partition coefficient (Wildman–Crippen LogP) is 2.96. The number of hydrogen-bond donors (Lipinski definition) is 0. The molecular formula is C18H22N4O2S. The maximum absolute atomic E-state index is 13.0. The molecule has 0 N–H and O–H groups in total. The summed E-state index contributed by atoms with van der Waals surface area (Å²) in [5.41, 5.74) is 0.974. The molecule has 2 aromatic rings. The minimum atomic E-state index is -3.70. The Morgan fingerprint density at radius 2 is 1.48 bits per heavy atom. The van der Waals surface area contributed by atoms with E-state index in [0.29, 0.717) is 11.4 Å². The molecule has 0 spiro atoms. The second kappa shape index (κ2) is 7.94. The summed E-state index contributed by atoms with van der Waals surface area (Å²) in [7, 11) is 3.65. The monoisotopic (exact) mass is 358 g/mol. The molecule has 7 heteroatoms. The Morgan fingerprint density at radius 3 is 2.16 bits per heavy atom. The van der Waals surface area contributed by atoms with Gasteiger partial charge < -0.3 is 9.80 Å².